The standard InChI is InChI=1S/C19H22N2O5S/c1-26-16-6-8-17(9-7-16)27(24,25)20-18(13-22)19(23)21-11-10-14-4-2-3-5-15(14)12-21/h2-9,18,20,22H,10-13H2,1H3/t18-/m0/s1. The first-order valence-electron chi connectivity index (χ1n) is 8.57. The average molecular weight is 390 g/mol. The fraction of sp³-hybridized carbons (Fsp3) is 0.316. The zero-order valence-corrected chi connectivity index (χ0v) is 15.8. The van der Waals surface area contributed by atoms with Gasteiger partial charge in [0.15, 0.2) is 0 Å². The Morgan fingerprint density at radius 2 is 1.85 bits per heavy atom. The number of nitrogens with one attached hydrogen (secondary N) is 1. The van der Waals surface area contributed by atoms with Crippen LogP contribution in [0.15, 0.2) is 53.4 Å². The van der Waals surface area contributed by atoms with Gasteiger partial charge in [-0.25, -0.2) is 8.42 Å². The Morgan fingerprint density at radius 3 is 2.48 bits per heavy atom. The number of rotatable bonds is 6. The van der Waals surface area contributed by atoms with E-state index in [-0.39, 0.29) is 4.90 Å². The Bertz CT molecular complexity index is 912. The molecule has 7 nitrogen and oxygen atoms in total. The van der Waals surface area contributed by atoms with Gasteiger partial charge >= 0.3 is 0 Å². The highest BCUT2D eigenvalue weighted by Crippen LogP contribution is 2.20. The molecule has 3 rings (SSSR count). The molecule has 0 aliphatic carbocycles. The topological polar surface area (TPSA) is 95.9 Å². The van der Waals surface area contributed by atoms with Crippen LogP contribution in [0.25, 0.3) is 0 Å². The van der Waals surface area contributed by atoms with E-state index in [1.54, 1.807) is 4.90 Å². The van der Waals surface area contributed by atoms with Gasteiger partial charge in [-0.2, -0.15) is 4.72 Å². The van der Waals surface area contributed by atoms with Crippen molar-refractivity contribution < 1.29 is 23.1 Å². The van der Waals surface area contributed by atoms with Crippen LogP contribution in [0.5, 0.6) is 5.75 Å². The van der Waals surface area contributed by atoms with Gasteiger partial charge in [-0.05, 0) is 41.8 Å². The predicted octanol–water partition coefficient (Wildman–Crippen LogP) is 0.919. The van der Waals surface area contributed by atoms with Gasteiger partial charge in [0.25, 0.3) is 0 Å². The molecule has 2 N–H and O–H groups in total. The minimum absolute atomic E-state index is 0.00135. The third-order valence-corrected chi connectivity index (χ3v) is 6.08. The number of sulfonamides is 1. The molecule has 0 spiro atoms. The van der Waals surface area contributed by atoms with Crippen LogP contribution in [0.4, 0.5) is 0 Å². The molecule has 0 radical (unpaired) electrons. The molecule has 0 saturated carbocycles. The van der Waals surface area contributed by atoms with Crippen LogP contribution < -0.4 is 9.46 Å². The molecule has 0 fully saturated rings. The van der Waals surface area contributed by atoms with E-state index in [1.807, 2.05) is 24.3 Å². The molecule has 0 aromatic heterocycles. The summed E-state index contributed by atoms with van der Waals surface area (Å²) in [6.07, 6.45) is 0.700. The van der Waals surface area contributed by atoms with Crippen LogP contribution in [0.2, 0.25) is 0 Å². The van der Waals surface area contributed by atoms with E-state index in [1.165, 1.54) is 36.9 Å². The van der Waals surface area contributed by atoms with Crippen molar-refractivity contribution >= 4 is 15.9 Å². The van der Waals surface area contributed by atoms with Gasteiger partial charge < -0.3 is 14.7 Å². The summed E-state index contributed by atoms with van der Waals surface area (Å²) >= 11 is 0. The van der Waals surface area contributed by atoms with Crippen molar-refractivity contribution in [3.8, 4) is 5.75 Å². The van der Waals surface area contributed by atoms with E-state index in [0.29, 0.717) is 25.3 Å². The summed E-state index contributed by atoms with van der Waals surface area (Å²) in [5.41, 5.74) is 2.22. The summed E-state index contributed by atoms with van der Waals surface area (Å²) in [6.45, 7) is 0.263. The fourth-order valence-corrected chi connectivity index (χ4v) is 4.26. The molecule has 0 bridgehead atoms. The first-order chi connectivity index (χ1) is 12.9. The van der Waals surface area contributed by atoms with Crippen molar-refractivity contribution in [1.29, 1.82) is 0 Å². The molecule has 1 amide bonds. The number of aliphatic hydroxyl groups is 1. The van der Waals surface area contributed by atoms with Crippen LogP contribution >= 0.6 is 0 Å². The Morgan fingerprint density at radius 1 is 1.19 bits per heavy atom. The molecule has 0 unspecified atom stereocenters. The number of hydrogen-bond acceptors (Lipinski definition) is 5. The number of carbonyl (C=O) groups is 1. The Hall–Kier alpha value is -2.42. The maximum atomic E-state index is 12.8. The number of nitrogens with zero attached hydrogens (tertiary/aromatic N) is 1. The molecule has 144 valence electrons. The second kappa shape index (κ2) is 8.08. The van der Waals surface area contributed by atoms with E-state index < -0.39 is 28.6 Å². The van der Waals surface area contributed by atoms with Gasteiger partial charge in [0.2, 0.25) is 15.9 Å². The molecular formula is C19H22N2O5S. The average Bonchev–Trinajstić information content (AvgIpc) is 2.71. The molecule has 1 aliphatic heterocycles. The summed E-state index contributed by atoms with van der Waals surface area (Å²) in [7, 11) is -2.47. The van der Waals surface area contributed by atoms with Gasteiger partial charge in [0.05, 0.1) is 18.6 Å². The van der Waals surface area contributed by atoms with E-state index in [2.05, 4.69) is 4.72 Å². The normalized spacial score (nSPS) is 15.1. The number of fused-ring (bicyclic) bond motifs is 1. The smallest absolute Gasteiger partial charge is 0.243 e. The van der Waals surface area contributed by atoms with Crippen molar-refractivity contribution in [2.24, 2.45) is 0 Å². The molecule has 2 aromatic carbocycles. The quantitative estimate of drug-likeness (QED) is 0.765. The van der Waals surface area contributed by atoms with E-state index >= 15 is 0 Å². The lowest BCUT2D eigenvalue weighted by Crippen LogP contribution is -2.51. The highest BCUT2D eigenvalue weighted by molar-refractivity contribution is 7.89. The van der Waals surface area contributed by atoms with Gasteiger partial charge in [0, 0.05) is 13.1 Å². The van der Waals surface area contributed by atoms with Crippen LogP contribution in [0, 0.1) is 0 Å². The molecule has 1 atom stereocenters. The molecule has 8 heteroatoms. The number of benzene rings is 2. The third-order valence-electron chi connectivity index (χ3n) is 4.59. The number of ether oxygens (including phenoxy) is 1. The molecule has 1 aliphatic rings. The number of aliphatic hydroxyl groups excluding tert-OH is 1. The molecular weight excluding hydrogens is 368 g/mol. The second-order valence-electron chi connectivity index (χ2n) is 6.31. The molecule has 0 saturated heterocycles. The predicted molar refractivity (Wildman–Crippen MR) is 99.8 cm³/mol. The maximum Gasteiger partial charge on any atom is 0.243 e. The SMILES string of the molecule is COc1ccc(S(=O)(=O)N[C@@H](CO)C(=O)N2CCc3ccccc3C2)cc1. The number of carbonyl (C=O) groups excluding carboxylic acids is 1. The Kier molecular flexibility index (Phi) is 5.79. The summed E-state index contributed by atoms with van der Waals surface area (Å²) in [4.78, 5) is 14.3. The molecule has 27 heavy (non-hydrogen) atoms. The van der Waals surface area contributed by atoms with Gasteiger partial charge in [-0.3, -0.25) is 4.79 Å². The lowest BCUT2D eigenvalue weighted by atomic mass is 9.99. The van der Waals surface area contributed by atoms with E-state index in [4.69, 9.17) is 4.74 Å². The van der Waals surface area contributed by atoms with Crippen LogP contribution in [-0.2, 0) is 27.8 Å². The van der Waals surface area contributed by atoms with Crippen molar-refractivity contribution in [1.82, 2.24) is 9.62 Å². The van der Waals surface area contributed by atoms with Crippen molar-refractivity contribution in [2.45, 2.75) is 23.9 Å². The van der Waals surface area contributed by atoms with Crippen molar-refractivity contribution in [3.05, 3.63) is 59.7 Å². The Labute approximate surface area is 158 Å². The number of methoxy groups -OCH3 is 1. The van der Waals surface area contributed by atoms with Gasteiger partial charge in [0.1, 0.15) is 11.8 Å². The summed E-state index contributed by atoms with van der Waals surface area (Å²) < 4.78 is 32.4. The summed E-state index contributed by atoms with van der Waals surface area (Å²) in [5.74, 6) is 0.0832. The lowest BCUT2D eigenvalue weighted by molar-refractivity contribution is -0.134. The second-order valence-corrected chi connectivity index (χ2v) is 8.02. The third kappa shape index (κ3) is 4.29. The number of hydrogen-bond donors (Lipinski definition) is 2. The zero-order valence-electron chi connectivity index (χ0n) is 15.0. The van der Waals surface area contributed by atoms with E-state index in [0.717, 1.165) is 5.56 Å². The first-order valence-corrected chi connectivity index (χ1v) is 10.1. The largest absolute Gasteiger partial charge is 0.497 e. The monoisotopic (exact) mass is 390 g/mol. The van der Waals surface area contributed by atoms with Crippen molar-refractivity contribution in [3.63, 3.8) is 0 Å². The minimum atomic E-state index is -3.95. The Balaban J connectivity index is 1.73. The molecule has 2 aromatic rings. The van der Waals surface area contributed by atoms with Gasteiger partial charge in [-0.1, -0.05) is 24.3 Å². The summed E-state index contributed by atoms with van der Waals surface area (Å²) in [6, 6.07) is 12.4. The summed E-state index contributed by atoms with van der Waals surface area (Å²) in [5, 5.41) is 9.62. The minimum Gasteiger partial charge on any atom is -0.497 e. The molecule has 1 heterocycles. The number of amides is 1. The lowest BCUT2D eigenvalue weighted by Gasteiger charge is -2.31. The first kappa shape index (κ1) is 19.3. The highest BCUT2D eigenvalue weighted by atomic mass is 32.2. The zero-order chi connectivity index (χ0) is 19.4. The van der Waals surface area contributed by atoms with Gasteiger partial charge in [-0.15, -0.1) is 0 Å². The van der Waals surface area contributed by atoms with E-state index in [9.17, 15) is 18.3 Å². The maximum absolute atomic E-state index is 12.8. The van der Waals surface area contributed by atoms with Crippen LogP contribution in [0.1, 0.15) is 11.1 Å². The fourth-order valence-electron chi connectivity index (χ4n) is 3.08. The van der Waals surface area contributed by atoms with Crippen LogP contribution in [0.3, 0.4) is 0 Å². The highest BCUT2D eigenvalue weighted by Gasteiger charge is 2.30. The van der Waals surface area contributed by atoms with Crippen molar-refractivity contribution in [2.75, 3.05) is 20.3 Å². The van der Waals surface area contributed by atoms with Crippen LogP contribution in [-0.4, -0.2) is 50.6 Å².